The maximum atomic E-state index is 12.7. The Morgan fingerprint density at radius 3 is 2.24 bits per heavy atom. The summed E-state index contributed by atoms with van der Waals surface area (Å²) in [6, 6.07) is 6.67. The van der Waals surface area contributed by atoms with Gasteiger partial charge in [-0.1, -0.05) is 25.4 Å². The minimum absolute atomic E-state index is 0.193. The van der Waals surface area contributed by atoms with E-state index in [1.807, 2.05) is 13.8 Å². The van der Waals surface area contributed by atoms with Gasteiger partial charge >= 0.3 is 12.1 Å². The van der Waals surface area contributed by atoms with Crippen LogP contribution in [0.15, 0.2) is 36.5 Å². The molecule has 0 fully saturated rings. The fourth-order valence-electron chi connectivity index (χ4n) is 2.86. The number of esters is 1. The highest BCUT2D eigenvalue weighted by Crippen LogP contribution is 2.34. The van der Waals surface area contributed by atoms with Crippen molar-refractivity contribution >= 4 is 23.5 Å². The van der Waals surface area contributed by atoms with Gasteiger partial charge in [-0.15, -0.1) is 0 Å². The number of likely N-dealkylation sites (N-methyl/N-ethyl adjacent to an activating group) is 1. The van der Waals surface area contributed by atoms with Gasteiger partial charge in [-0.05, 0) is 50.3 Å². The van der Waals surface area contributed by atoms with E-state index in [1.54, 1.807) is 4.90 Å². The summed E-state index contributed by atoms with van der Waals surface area (Å²) in [4.78, 5) is 30.0. The molecule has 0 spiro atoms. The molecule has 0 radical (unpaired) electrons. The zero-order valence-corrected chi connectivity index (χ0v) is 19.7. The van der Waals surface area contributed by atoms with Gasteiger partial charge < -0.3 is 19.5 Å². The number of carbonyl (C=O) groups excluding carboxylic acids is 2. The van der Waals surface area contributed by atoms with E-state index in [4.69, 9.17) is 25.8 Å². The van der Waals surface area contributed by atoms with Crippen LogP contribution in [0.3, 0.4) is 0 Å². The first-order chi connectivity index (χ1) is 16.0. The molecule has 1 aromatic heterocycles. The molecule has 0 saturated carbocycles. The van der Waals surface area contributed by atoms with E-state index >= 15 is 0 Å². The molecule has 0 aliphatic heterocycles. The average molecular weight is 504 g/mol. The number of aromatic nitrogens is 1. The summed E-state index contributed by atoms with van der Waals surface area (Å²) in [5.41, 5.74) is -0.990. The molecular weight excluding hydrogens is 479 g/mol. The molecule has 34 heavy (non-hydrogen) atoms. The molecular formula is C22H25ClF3N3O5. The maximum Gasteiger partial charge on any atom is 0.417 e. The van der Waals surface area contributed by atoms with Crippen molar-refractivity contribution in [3.8, 4) is 17.4 Å². The van der Waals surface area contributed by atoms with Crippen LogP contribution in [0, 0.1) is 0 Å². The van der Waals surface area contributed by atoms with Crippen LogP contribution in [0.1, 0.15) is 26.3 Å². The minimum atomic E-state index is -4.57. The number of nitrogens with one attached hydrogen (secondary N) is 1. The second-order valence-electron chi connectivity index (χ2n) is 7.00. The molecule has 8 nitrogen and oxygen atoms in total. The number of benzene rings is 1. The summed E-state index contributed by atoms with van der Waals surface area (Å²) in [5, 5.41) is 2.32. The van der Waals surface area contributed by atoms with Crippen molar-refractivity contribution in [2.75, 3.05) is 20.2 Å². The third-order valence-electron chi connectivity index (χ3n) is 4.74. The van der Waals surface area contributed by atoms with Gasteiger partial charge in [-0.2, -0.15) is 13.2 Å². The van der Waals surface area contributed by atoms with Gasteiger partial charge in [-0.3, -0.25) is 9.69 Å². The number of methoxy groups -OCH3 is 1. The Labute approximate surface area is 199 Å². The summed E-state index contributed by atoms with van der Waals surface area (Å²) < 4.78 is 54.0. The van der Waals surface area contributed by atoms with Gasteiger partial charge in [0.15, 0.2) is 12.3 Å². The van der Waals surface area contributed by atoms with Crippen molar-refractivity contribution in [2.45, 2.75) is 39.2 Å². The van der Waals surface area contributed by atoms with Crippen LogP contribution < -0.4 is 14.8 Å². The quantitative estimate of drug-likeness (QED) is 0.382. The van der Waals surface area contributed by atoms with Crippen LogP contribution in [0.25, 0.3) is 0 Å². The monoisotopic (exact) mass is 503 g/mol. The Kier molecular flexibility index (Phi) is 9.51. The lowest BCUT2D eigenvalue weighted by molar-refractivity contribution is -0.151. The molecule has 0 aliphatic carbocycles. The average Bonchev–Trinajstić information content (AvgIpc) is 2.80. The molecule has 2 unspecified atom stereocenters. The summed E-state index contributed by atoms with van der Waals surface area (Å²) in [6.07, 6.45) is -5.84. The van der Waals surface area contributed by atoms with E-state index in [1.165, 1.54) is 38.3 Å². The lowest BCUT2D eigenvalue weighted by atomic mass is 10.3. The normalized spacial score (nSPS) is 13.2. The lowest BCUT2D eigenvalue weighted by Crippen LogP contribution is -2.55. The lowest BCUT2D eigenvalue weighted by Gasteiger charge is -2.28. The first kappa shape index (κ1) is 27.2. The number of alkyl halides is 3. The van der Waals surface area contributed by atoms with Crippen LogP contribution in [0.2, 0.25) is 5.02 Å². The van der Waals surface area contributed by atoms with Gasteiger partial charge in [0, 0.05) is 6.20 Å². The smallest absolute Gasteiger partial charge is 0.417 e. The van der Waals surface area contributed by atoms with Crippen molar-refractivity contribution < 1.29 is 37.0 Å². The van der Waals surface area contributed by atoms with Crippen LogP contribution in [0.4, 0.5) is 13.2 Å². The van der Waals surface area contributed by atoms with Crippen molar-refractivity contribution in [3.63, 3.8) is 0 Å². The van der Waals surface area contributed by atoms with Crippen molar-refractivity contribution in [3.05, 3.63) is 47.1 Å². The summed E-state index contributed by atoms with van der Waals surface area (Å²) in [7, 11) is 1.24. The van der Waals surface area contributed by atoms with E-state index in [0.717, 1.165) is 6.07 Å². The van der Waals surface area contributed by atoms with Crippen molar-refractivity contribution in [1.29, 1.82) is 0 Å². The van der Waals surface area contributed by atoms with Gasteiger partial charge in [0.2, 0.25) is 5.88 Å². The highest BCUT2D eigenvalue weighted by Gasteiger charge is 2.32. The molecule has 12 heteroatoms. The predicted octanol–water partition coefficient (Wildman–Crippen LogP) is 4.27. The fourth-order valence-corrected chi connectivity index (χ4v) is 3.07. The molecule has 0 bridgehead atoms. The SMILES string of the molecule is CCN(CC)C(NC(=O)C(C)Oc1ccc(Oc2ncc(C(F)(F)F)cc2Cl)cc1)C(=O)OC. The van der Waals surface area contributed by atoms with E-state index in [-0.39, 0.29) is 16.7 Å². The molecule has 0 saturated heterocycles. The van der Waals surface area contributed by atoms with Crippen molar-refractivity contribution in [1.82, 2.24) is 15.2 Å². The zero-order chi connectivity index (χ0) is 25.5. The van der Waals surface area contributed by atoms with E-state index in [2.05, 4.69) is 10.3 Å². The molecule has 1 amide bonds. The zero-order valence-electron chi connectivity index (χ0n) is 19.0. The van der Waals surface area contributed by atoms with Crippen LogP contribution in [-0.4, -0.2) is 54.2 Å². The number of pyridine rings is 1. The maximum absolute atomic E-state index is 12.7. The first-order valence-electron chi connectivity index (χ1n) is 10.3. The first-order valence-corrected chi connectivity index (χ1v) is 10.7. The van der Waals surface area contributed by atoms with Crippen LogP contribution >= 0.6 is 11.6 Å². The molecule has 2 rings (SSSR count). The van der Waals surface area contributed by atoms with Gasteiger partial charge in [0.25, 0.3) is 5.91 Å². The van der Waals surface area contributed by atoms with Crippen molar-refractivity contribution in [2.24, 2.45) is 0 Å². The minimum Gasteiger partial charge on any atom is -0.481 e. The molecule has 1 aromatic carbocycles. The standard InChI is InChI=1S/C22H25ClF3N3O5/c1-5-29(6-2)18(21(31)32-4)28-19(30)13(3)33-15-7-9-16(10-8-15)34-20-17(23)11-14(12-27-20)22(24,25)26/h7-13,18H,5-6H2,1-4H3,(H,28,30). The molecule has 0 aliphatic rings. The highest BCUT2D eigenvalue weighted by molar-refractivity contribution is 6.31. The van der Waals surface area contributed by atoms with Gasteiger partial charge in [0.05, 0.1) is 12.7 Å². The van der Waals surface area contributed by atoms with Gasteiger partial charge in [-0.25, -0.2) is 9.78 Å². The van der Waals surface area contributed by atoms with E-state index < -0.39 is 35.9 Å². The van der Waals surface area contributed by atoms with Crippen LogP contribution in [-0.2, 0) is 20.5 Å². The number of amides is 1. The highest BCUT2D eigenvalue weighted by atomic mass is 35.5. The molecule has 1 N–H and O–H groups in total. The number of rotatable bonds is 10. The second kappa shape index (κ2) is 11.9. The Morgan fingerprint density at radius 2 is 1.74 bits per heavy atom. The summed E-state index contributed by atoms with van der Waals surface area (Å²) in [6.45, 7) is 6.25. The Hall–Kier alpha value is -3.05. The number of hydrogen-bond acceptors (Lipinski definition) is 7. The largest absolute Gasteiger partial charge is 0.481 e. The third kappa shape index (κ3) is 7.22. The topological polar surface area (TPSA) is 90.0 Å². The fraction of sp³-hybridized carbons (Fsp3) is 0.409. The van der Waals surface area contributed by atoms with E-state index in [9.17, 15) is 22.8 Å². The molecule has 2 aromatic rings. The number of hydrogen-bond donors (Lipinski definition) is 1. The Morgan fingerprint density at radius 1 is 1.15 bits per heavy atom. The van der Waals surface area contributed by atoms with E-state index in [0.29, 0.717) is 25.0 Å². The predicted molar refractivity (Wildman–Crippen MR) is 118 cm³/mol. The Balaban J connectivity index is 2.02. The number of nitrogens with zero attached hydrogens (tertiary/aromatic N) is 2. The molecule has 1 heterocycles. The number of ether oxygens (including phenoxy) is 3. The summed E-state index contributed by atoms with van der Waals surface area (Å²) in [5.74, 6) is -0.754. The summed E-state index contributed by atoms with van der Waals surface area (Å²) >= 11 is 5.84. The second-order valence-corrected chi connectivity index (χ2v) is 7.40. The molecule has 2 atom stereocenters. The Bertz CT molecular complexity index is 985. The number of carbonyl (C=O) groups is 2. The van der Waals surface area contributed by atoms with Gasteiger partial charge in [0.1, 0.15) is 16.5 Å². The number of halogens is 4. The molecule has 186 valence electrons. The third-order valence-corrected chi connectivity index (χ3v) is 5.01. The van der Waals surface area contributed by atoms with Crippen LogP contribution in [0.5, 0.6) is 17.4 Å².